The van der Waals surface area contributed by atoms with E-state index in [-0.39, 0.29) is 0 Å². The van der Waals surface area contributed by atoms with Crippen molar-refractivity contribution >= 4 is 16.1 Å². The molecular formula is C19H44Si2. The Kier molecular flexibility index (Phi) is 12.2. The Bertz CT molecular complexity index is 234. The second-order valence-corrected chi connectivity index (χ2v) is 19.5. The topological polar surface area (TPSA) is 0 Å². The Hall–Kier alpha value is 0.434. The lowest BCUT2D eigenvalue weighted by atomic mass is 10.1. The predicted molar refractivity (Wildman–Crippen MR) is 107 cm³/mol. The summed E-state index contributed by atoms with van der Waals surface area (Å²) in [6, 6.07) is 6.23. The van der Waals surface area contributed by atoms with Gasteiger partial charge in [0.05, 0.1) is 0 Å². The van der Waals surface area contributed by atoms with Gasteiger partial charge < -0.3 is 0 Å². The second-order valence-electron chi connectivity index (χ2n) is 8.80. The highest BCUT2D eigenvalue weighted by Crippen LogP contribution is 2.23. The SMILES string of the molecule is CCCC[Si](C)(C)CCCCCCCC[Si](C)(C)CCC. The molecule has 0 aromatic heterocycles. The Morgan fingerprint density at radius 1 is 0.429 bits per heavy atom. The van der Waals surface area contributed by atoms with Crippen molar-refractivity contribution in [3.05, 3.63) is 0 Å². The summed E-state index contributed by atoms with van der Waals surface area (Å²) in [5.74, 6) is 0. The average molecular weight is 329 g/mol. The smallest absolute Gasteiger partial charge is 0.0473 e. The normalized spacial score (nSPS) is 12.9. The molecule has 0 nitrogen and oxygen atoms in total. The van der Waals surface area contributed by atoms with Gasteiger partial charge in [-0.15, -0.1) is 0 Å². The van der Waals surface area contributed by atoms with Crippen LogP contribution in [0.25, 0.3) is 0 Å². The summed E-state index contributed by atoms with van der Waals surface area (Å²) in [5, 5.41) is 0. The first-order valence-electron chi connectivity index (χ1n) is 9.83. The summed E-state index contributed by atoms with van der Waals surface area (Å²) in [4.78, 5) is 0. The minimum atomic E-state index is -0.828. The molecule has 0 amide bonds. The minimum Gasteiger partial charge on any atom is -0.0693 e. The fraction of sp³-hybridized carbons (Fsp3) is 1.00. The molecule has 0 heterocycles. The molecule has 0 radical (unpaired) electrons. The van der Waals surface area contributed by atoms with Gasteiger partial charge in [-0.05, 0) is 0 Å². The van der Waals surface area contributed by atoms with Crippen LogP contribution in [0.3, 0.4) is 0 Å². The fourth-order valence-electron chi connectivity index (χ4n) is 3.50. The van der Waals surface area contributed by atoms with Gasteiger partial charge in [0.15, 0.2) is 0 Å². The summed E-state index contributed by atoms with van der Waals surface area (Å²) in [7, 11) is -1.64. The summed E-state index contributed by atoms with van der Waals surface area (Å²) in [6.07, 6.45) is 13.3. The van der Waals surface area contributed by atoms with E-state index < -0.39 is 16.1 Å². The van der Waals surface area contributed by atoms with Crippen LogP contribution in [-0.4, -0.2) is 16.1 Å². The third-order valence-corrected chi connectivity index (χ3v) is 12.1. The highest BCUT2D eigenvalue weighted by Gasteiger charge is 2.19. The molecule has 0 aliphatic carbocycles. The molecule has 21 heavy (non-hydrogen) atoms. The van der Waals surface area contributed by atoms with Crippen LogP contribution in [0.1, 0.15) is 71.6 Å². The minimum absolute atomic E-state index is 0.811. The molecule has 0 atom stereocenters. The Morgan fingerprint density at radius 3 is 1.24 bits per heavy atom. The molecule has 0 rings (SSSR count). The first-order valence-corrected chi connectivity index (χ1v) is 16.7. The molecule has 0 aliphatic heterocycles. The lowest BCUT2D eigenvalue weighted by Gasteiger charge is -2.22. The number of unbranched alkanes of at least 4 members (excludes halogenated alkanes) is 6. The summed E-state index contributed by atoms with van der Waals surface area (Å²) in [6.45, 7) is 15.0. The quantitative estimate of drug-likeness (QED) is 0.224. The second kappa shape index (κ2) is 11.9. The van der Waals surface area contributed by atoms with Gasteiger partial charge in [-0.25, -0.2) is 0 Å². The molecule has 0 N–H and O–H groups in total. The zero-order valence-electron chi connectivity index (χ0n) is 16.2. The van der Waals surface area contributed by atoms with Crippen LogP contribution < -0.4 is 0 Å². The molecule has 0 aliphatic rings. The zero-order chi connectivity index (χ0) is 16.2. The predicted octanol–water partition coefficient (Wildman–Crippen LogP) is 7.95. The first kappa shape index (κ1) is 21.4. The molecule has 0 unspecified atom stereocenters. The summed E-state index contributed by atoms with van der Waals surface area (Å²) >= 11 is 0. The largest absolute Gasteiger partial charge is 0.0693 e. The maximum Gasteiger partial charge on any atom is 0.0473 e. The van der Waals surface area contributed by atoms with Crippen LogP contribution >= 0.6 is 0 Å². The first-order chi connectivity index (χ1) is 9.83. The maximum atomic E-state index is 2.60. The van der Waals surface area contributed by atoms with Crippen LogP contribution in [0.15, 0.2) is 0 Å². The lowest BCUT2D eigenvalue weighted by Crippen LogP contribution is -2.24. The van der Waals surface area contributed by atoms with Crippen molar-refractivity contribution in [2.45, 2.75) is 122 Å². The molecular weight excluding hydrogens is 284 g/mol. The molecule has 0 aromatic carbocycles. The monoisotopic (exact) mass is 328 g/mol. The third kappa shape index (κ3) is 13.8. The van der Waals surface area contributed by atoms with E-state index in [1.807, 2.05) is 0 Å². The van der Waals surface area contributed by atoms with Gasteiger partial charge in [0.2, 0.25) is 0 Å². The summed E-state index contributed by atoms with van der Waals surface area (Å²) in [5.41, 5.74) is 0. The maximum absolute atomic E-state index is 2.60. The van der Waals surface area contributed by atoms with Crippen molar-refractivity contribution in [3.63, 3.8) is 0 Å². The number of hydrogen-bond acceptors (Lipinski definition) is 0. The van der Waals surface area contributed by atoms with Crippen LogP contribution in [0.4, 0.5) is 0 Å². The van der Waals surface area contributed by atoms with Crippen LogP contribution in [0.2, 0.25) is 50.4 Å². The van der Waals surface area contributed by atoms with Gasteiger partial charge in [-0.3, -0.25) is 0 Å². The van der Waals surface area contributed by atoms with Crippen molar-refractivity contribution in [1.82, 2.24) is 0 Å². The van der Waals surface area contributed by atoms with E-state index in [9.17, 15) is 0 Å². The van der Waals surface area contributed by atoms with Gasteiger partial charge in [0.25, 0.3) is 0 Å². The highest BCUT2D eigenvalue weighted by atomic mass is 28.3. The van der Waals surface area contributed by atoms with Crippen molar-refractivity contribution in [2.75, 3.05) is 0 Å². The molecule has 128 valence electrons. The molecule has 0 spiro atoms. The molecule has 0 bridgehead atoms. The lowest BCUT2D eigenvalue weighted by molar-refractivity contribution is 0.619. The molecule has 0 aromatic rings. The Balaban J connectivity index is 3.44. The van der Waals surface area contributed by atoms with Crippen LogP contribution in [0.5, 0.6) is 0 Å². The zero-order valence-corrected chi connectivity index (χ0v) is 18.2. The van der Waals surface area contributed by atoms with E-state index in [0.29, 0.717) is 0 Å². The van der Waals surface area contributed by atoms with Gasteiger partial charge in [0.1, 0.15) is 0 Å². The summed E-state index contributed by atoms with van der Waals surface area (Å²) < 4.78 is 0. The van der Waals surface area contributed by atoms with Gasteiger partial charge >= 0.3 is 0 Å². The molecule has 0 saturated carbocycles. The standard InChI is InChI=1S/C19H44Si2/c1-7-9-17-21(5,6)19-15-13-11-10-12-14-18-20(3,4)16-8-2/h7-19H2,1-6H3. The van der Waals surface area contributed by atoms with E-state index in [1.54, 1.807) is 18.1 Å². The van der Waals surface area contributed by atoms with E-state index in [2.05, 4.69) is 40.0 Å². The highest BCUT2D eigenvalue weighted by molar-refractivity contribution is 6.77. The van der Waals surface area contributed by atoms with E-state index in [4.69, 9.17) is 0 Å². The van der Waals surface area contributed by atoms with Crippen LogP contribution in [-0.2, 0) is 0 Å². The van der Waals surface area contributed by atoms with Crippen molar-refractivity contribution < 1.29 is 0 Å². The number of hydrogen-bond donors (Lipinski definition) is 0. The Labute approximate surface area is 138 Å². The molecule has 0 fully saturated rings. The molecule has 0 saturated heterocycles. The van der Waals surface area contributed by atoms with Gasteiger partial charge in [-0.2, -0.15) is 0 Å². The van der Waals surface area contributed by atoms with E-state index >= 15 is 0 Å². The van der Waals surface area contributed by atoms with E-state index in [1.165, 1.54) is 63.8 Å². The fourth-order valence-corrected chi connectivity index (χ4v) is 9.07. The van der Waals surface area contributed by atoms with Crippen LogP contribution in [0, 0.1) is 0 Å². The number of rotatable bonds is 14. The van der Waals surface area contributed by atoms with E-state index in [0.717, 1.165) is 0 Å². The van der Waals surface area contributed by atoms with Gasteiger partial charge in [0, 0.05) is 16.1 Å². The van der Waals surface area contributed by atoms with Crippen molar-refractivity contribution in [3.8, 4) is 0 Å². The average Bonchev–Trinajstić information content (AvgIpc) is 2.39. The van der Waals surface area contributed by atoms with Crippen molar-refractivity contribution in [1.29, 1.82) is 0 Å². The third-order valence-electron chi connectivity index (χ3n) is 5.09. The van der Waals surface area contributed by atoms with Gasteiger partial charge in [-0.1, -0.05) is 122 Å². The molecule has 2 heteroatoms. The van der Waals surface area contributed by atoms with Crippen molar-refractivity contribution in [2.24, 2.45) is 0 Å². The Morgan fingerprint density at radius 2 is 0.810 bits per heavy atom.